The standard InChI is InChI=1S/C27H28N2O5/c1-13-8-17-10-20(28-22(12-30)23(17)26(33-6)16(13)4)24-18-9-14(2)15(3)25(32-5)19(18)11-21(29-24)27(31)34-7/h8-11,30H,12H2,1-7H3. The van der Waals surface area contributed by atoms with Crippen molar-refractivity contribution in [3.63, 3.8) is 0 Å². The van der Waals surface area contributed by atoms with Gasteiger partial charge in [0.2, 0.25) is 0 Å². The van der Waals surface area contributed by atoms with Crippen molar-refractivity contribution in [1.82, 2.24) is 9.97 Å². The number of hydrogen-bond acceptors (Lipinski definition) is 7. The van der Waals surface area contributed by atoms with Crippen molar-refractivity contribution in [2.24, 2.45) is 0 Å². The zero-order chi connectivity index (χ0) is 24.7. The molecule has 1 N–H and O–H groups in total. The number of esters is 1. The van der Waals surface area contributed by atoms with Gasteiger partial charge in [0, 0.05) is 16.2 Å². The van der Waals surface area contributed by atoms with Gasteiger partial charge in [-0.1, -0.05) is 6.07 Å². The highest BCUT2D eigenvalue weighted by Crippen LogP contribution is 2.40. The Morgan fingerprint density at radius 1 is 0.853 bits per heavy atom. The molecule has 0 spiro atoms. The number of pyridine rings is 2. The molecule has 0 bridgehead atoms. The van der Waals surface area contributed by atoms with E-state index in [9.17, 15) is 9.90 Å². The van der Waals surface area contributed by atoms with Crippen molar-refractivity contribution < 1.29 is 24.1 Å². The maximum absolute atomic E-state index is 12.5. The normalized spacial score (nSPS) is 11.2. The third-order valence-electron chi connectivity index (χ3n) is 6.45. The van der Waals surface area contributed by atoms with E-state index < -0.39 is 5.97 Å². The molecule has 0 amide bonds. The lowest BCUT2D eigenvalue weighted by Crippen LogP contribution is -2.07. The summed E-state index contributed by atoms with van der Waals surface area (Å²) in [5, 5.41) is 13.4. The van der Waals surface area contributed by atoms with Crippen LogP contribution in [-0.4, -0.2) is 42.4 Å². The minimum absolute atomic E-state index is 0.150. The van der Waals surface area contributed by atoms with E-state index in [1.54, 1.807) is 20.3 Å². The SMILES string of the molecule is COC(=O)c1cc2c(OC)c(C)c(C)cc2c(-c2cc3cc(C)c(C)c(OC)c3c(CO)n2)n1. The first kappa shape index (κ1) is 23.4. The molecule has 0 fully saturated rings. The molecule has 0 saturated carbocycles. The number of carbonyl (C=O) groups excluding carboxylic acids is 1. The average Bonchev–Trinajstić information content (AvgIpc) is 2.84. The van der Waals surface area contributed by atoms with Gasteiger partial charge in [0.1, 0.15) is 17.2 Å². The fraction of sp³-hybridized carbons (Fsp3) is 0.296. The van der Waals surface area contributed by atoms with Crippen LogP contribution in [0.4, 0.5) is 0 Å². The Morgan fingerprint density at radius 2 is 1.50 bits per heavy atom. The molecule has 0 atom stereocenters. The van der Waals surface area contributed by atoms with E-state index in [-0.39, 0.29) is 12.3 Å². The van der Waals surface area contributed by atoms with Gasteiger partial charge in [-0.3, -0.25) is 0 Å². The molecule has 0 aliphatic rings. The third-order valence-corrected chi connectivity index (χ3v) is 6.45. The Hall–Kier alpha value is -3.71. The molecule has 0 radical (unpaired) electrons. The summed E-state index contributed by atoms with van der Waals surface area (Å²) in [6, 6.07) is 7.65. The van der Waals surface area contributed by atoms with E-state index in [1.165, 1.54) is 7.11 Å². The van der Waals surface area contributed by atoms with Crippen LogP contribution in [0.1, 0.15) is 38.4 Å². The smallest absolute Gasteiger partial charge is 0.356 e. The molecule has 2 aromatic heterocycles. The number of carbonyl (C=O) groups is 1. The number of nitrogens with zero attached hydrogens (tertiary/aromatic N) is 2. The summed E-state index contributed by atoms with van der Waals surface area (Å²) >= 11 is 0. The molecule has 0 unspecified atom stereocenters. The average molecular weight is 461 g/mol. The highest BCUT2D eigenvalue weighted by molar-refractivity contribution is 6.04. The minimum Gasteiger partial charge on any atom is -0.496 e. The number of ether oxygens (including phenoxy) is 3. The van der Waals surface area contributed by atoms with Gasteiger partial charge in [0.05, 0.1) is 45.0 Å². The Balaban J connectivity index is 2.16. The largest absolute Gasteiger partial charge is 0.496 e. The summed E-state index contributed by atoms with van der Waals surface area (Å²) in [5.41, 5.74) is 5.70. The van der Waals surface area contributed by atoms with E-state index >= 15 is 0 Å². The van der Waals surface area contributed by atoms with Crippen molar-refractivity contribution in [3.8, 4) is 22.9 Å². The van der Waals surface area contributed by atoms with Crippen LogP contribution in [0, 0.1) is 27.7 Å². The van der Waals surface area contributed by atoms with Crippen LogP contribution < -0.4 is 9.47 Å². The number of aromatic nitrogens is 2. The van der Waals surface area contributed by atoms with Crippen molar-refractivity contribution in [2.75, 3.05) is 21.3 Å². The summed E-state index contributed by atoms with van der Waals surface area (Å²) < 4.78 is 16.4. The topological polar surface area (TPSA) is 90.8 Å². The number of aryl methyl sites for hydroxylation is 2. The maximum atomic E-state index is 12.5. The number of rotatable bonds is 5. The molecule has 2 heterocycles. The van der Waals surface area contributed by atoms with E-state index in [0.29, 0.717) is 28.6 Å². The molecule has 2 aromatic carbocycles. The quantitative estimate of drug-likeness (QED) is 0.420. The van der Waals surface area contributed by atoms with Crippen LogP contribution >= 0.6 is 0 Å². The van der Waals surface area contributed by atoms with Crippen molar-refractivity contribution in [3.05, 3.63) is 57.9 Å². The van der Waals surface area contributed by atoms with E-state index in [4.69, 9.17) is 19.2 Å². The first-order valence-electron chi connectivity index (χ1n) is 10.9. The van der Waals surface area contributed by atoms with Crippen LogP contribution in [-0.2, 0) is 11.3 Å². The Morgan fingerprint density at radius 3 is 2.12 bits per heavy atom. The number of aliphatic hydroxyl groups excluding tert-OH is 1. The zero-order valence-corrected chi connectivity index (χ0v) is 20.5. The van der Waals surface area contributed by atoms with Gasteiger partial charge in [-0.25, -0.2) is 14.8 Å². The second-order valence-electron chi connectivity index (χ2n) is 8.36. The Kier molecular flexibility index (Phi) is 6.15. The van der Waals surface area contributed by atoms with Gasteiger partial charge >= 0.3 is 5.97 Å². The lowest BCUT2D eigenvalue weighted by atomic mass is 9.96. The first-order chi connectivity index (χ1) is 16.2. The summed E-state index contributed by atoms with van der Waals surface area (Å²) in [4.78, 5) is 21.9. The number of hydrogen-bond donors (Lipinski definition) is 1. The maximum Gasteiger partial charge on any atom is 0.356 e. The second kappa shape index (κ2) is 8.91. The molecule has 0 saturated heterocycles. The Bertz CT molecular complexity index is 1460. The predicted molar refractivity (Wildman–Crippen MR) is 132 cm³/mol. The summed E-state index contributed by atoms with van der Waals surface area (Å²) in [5.74, 6) is 0.798. The molecule has 176 valence electrons. The lowest BCUT2D eigenvalue weighted by molar-refractivity contribution is 0.0594. The number of benzene rings is 2. The third kappa shape index (κ3) is 3.62. The minimum atomic E-state index is -0.556. The number of methoxy groups -OCH3 is 3. The molecular weight excluding hydrogens is 432 g/mol. The molecular formula is C27H28N2O5. The van der Waals surface area contributed by atoms with Crippen LogP contribution in [0.3, 0.4) is 0 Å². The fourth-order valence-corrected chi connectivity index (χ4v) is 4.46. The highest BCUT2D eigenvalue weighted by atomic mass is 16.5. The zero-order valence-electron chi connectivity index (χ0n) is 20.5. The summed E-state index contributed by atoms with van der Waals surface area (Å²) in [6.07, 6.45) is 0. The first-order valence-corrected chi connectivity index (χ1v) is 10.9. The lowest BCUT2D eigenvalue weighted by Gasteiger charge is -2.18. The molecule has 4 aromatic rings. The summed E-state index contributed by atoms with van der Waals surface area (Å²) in [7, 11) is 4.54. The van der Waals surface area contributed by atoms with E-state index in [0.717, 1.165) is 43.8 Å². The molecule has 4 rings (SSSR count). The number of aliphatic hydroxyl groups is 1. The van der Waals surface area contributed by atoms with Crippen LogP contribution in [0.25, 0.3) is 32.9 Å². The Labute approximate surface area is 198 Å². The monoisotopic (exact) mass is 460 g/mol. The molecule has 34 heavy (non-hydrogen) atoms. The van der Waals surface area contributed by atoms with Crippen molar-refractivity contribution in [2.45, 2.75) is 34.3 Å². The van der Waals surface area contributed by atoms with Crippen molar-refractivity contribution >= 4 is 27.5 Å². The molecule has 0 aliphatic heterocycles. The van der Waals surface area contributed by atoms with Gasteiger partial charge in [-0.15, -0.1) is 0 Å². The molecule has 7 nitrogen and oxygen atoms in total. The predicted octanol–water partition coefficient (Wildman–Crippen LogP) is 4.98. The van der Waals surface area contributed by atoms with Gasteiger partial charge in [-0.2, -0.15) is 0 Å². The van der Waals surface area contributed by atoms with Crippen LogP contribution in [0.5, 0.6) is 11.5 Å². The summed E-state index contributed by atoms with van der Waals surface area (Å²) in [6.45, 7) is 7.69. The van der Waals surface area contributed by atoms with E-state index in [2.05, 4.69) is 4.98 Å². The van der Waals surface area contributed by atoms with Gasteiger partial charge in [-0.05, 0) is 73.5 Å². The molecule has 7 heteroatoms. The fourth-order valence-electron chi connectivity index (χ4n) is 4.46. The van der Waals surface area contributed by atoms with Crippen LogP contribution in [0.2, 0.25) is 0 Å². The molecule has 0 aliphatic carbocycles. The highest BCUT2D eigenvalue weighted by Gasteiger charge is 2.21. The van der Waals surface area contributed by atoms with Crippen LogP contribution in [0.15, 0.2) is 24.3 Å². The van der Waals surface area contributed by atoms with Gasteiger partial charge in [0.25, 0.3) is 0 Å². The van der Waals surface area contributed by atoms with Gasteiger partial charge in [0.15, 0.2) is 0 Å². The van der Waals surface area contributed by atoms with Crippen molar-refractivity contribution in [1.29, 1.82) is 0 Å². The van der Waals surface area contributed by atoms with E-state index in [1.807, 2.05) is 45.9 Å². The van der Waals surface area contributed by atoms with Gasteiger partial charge < -0.3 is 19.3 Å². The second-order valence-corrected chi connectivity index (χ2v) is 8.36. The number of fused-ring (bicyclic) bond motifs is 2.